The maximum absolute atomic E-state index is 12.5. The lowest BCUT2D eigenvalue weighted by molar-refractivity contribution is -0.384. The number of nitro groups is 1. The van der Waals surface area contributed by atoms with Crippen molar-refractivity contribution in [1.29, 1.82) is 0 Å². The van der Waals surface area contributed by atoms with Gasteiger partial charge in [-0.05, 0) is 49.6 Å². The highest BCUT2D eigenvalue weighted by atomic mass is 16.6. The topological polar surface area (TPSA) is 78.7 Å². The normalized spacial score (nSPS) is 15.8. The highest BCUT2D eigenvalue weighted by Gasteiger charge is 2.20. The average molecular weight is 396 g/mol. The number of piperazine rings is 1. The summed E-state index contributed by atoms with van der Waals surface area (Å²) >= 11 is 0. The summed E-state index contributed by atoms with van der Waals surface area (Å²) in [6, 6.07) is 12.9. The Labute approximate surface area is 171 Å². The summed E-state index contributed by atoms with van der Waals surface area (Å²) in [6.07, 6.45) is 0. The molecule has 0 saturated carbocycles. The Morgan fingerprint density at radius 3 is 2.31 bits per heavy atom. The van der Waals surface area contributed by atoms with Crippen LogP contribution >= 0.6 is 0 Å². The molecule has 7 heteroatoms. The fraction of sp³-hybridized carbons (Fsp3) is 0.409. The second-order valence-corrected chi connectivity index (χ2v) is 7.67. The largest absolute Gasteiger partial charge is 0.369 e. The predicted molar refractivity (Wildman–Crippen MR) is 114 cm³/mol. The molecule has 0 bridgehead atoms. The number of aryl methyl sites for hydroxylation is 2. The molecular weight excluding hydrogens is 368 g/mol. The Bertz CT molecular complexity index is 874. The van der Waals surface area contributed by atoms with Crippen molar-refractivity contribution in [2.75, 3.05) is 37.6 Å². The summed E-state index contributed by atoms with van der Waals surface area (Å²) in [4.78, 5) is 27.2. The Kier molecular flexibility index (Phi) is 6.49. The first-order chi connectivity index (χ1) is 13.8. The third-order valence-corrected chi connectivity index (χ3v) is 5.57. The Hall–Kier alpha value is -2.93. The Balaban J connectivity index is 1.47. The quantitative estimate of drug-likeness (QED) is 0.599. The SMILES string of the molecule is Cc1ccc([C@@H](C)NC(=O)CN2CCN(c3ccc([N+](=O)[O-])cc3)CC2)cc1C. The predicted octanol–water partition coefficient (Wildman–Crippen LogP) is 3.21. The van der Waals surface area contributed by atoms with Gasteiger partial charge >= 0.3 is 0 Å². The second-order valence-electron chi connectivity index (χ2n) is 7.67. The maximum atomic E-state index is 12.5. The van der Waals surface area contributed by atoms with Crippen LogP contribution in [0.4, 0.5) is 11.4 Å². The Morgan fingerprint density at radius 2 is 1.72 bits per heavy atom. The van der Waals surface area contributed by atoms with Crippen molar-refractivity contribution >= 4 is 17.3 Å². The van der Waals surface area contributed by atoms with Gasteiger partial charge in [0.15, 0.2) is 0 Å². The first-order valence-electron chi connectivity index (χ1n) is 9.92. The second kappa shape index (κ2) is 9.05. The zero-order chi connectivity index (χ0) is 21.0. The van der Waals surface area contributed by atoms with Gasteiger partial charge in [0.05, 0.1) is 17.5 Å². The summed E-state index contributed by atoms with van der Waals surface area (Å²) in [7, 11) is 0. The van der Waals surface area contributed by atoms with Crippen LogP contribution in [0.1, 0.15) is 29.7 Å². The number of amides is 1. The number of benzene rings is 2. The lowest BCUT2D eigenvalue weighted by Gasteiger charge is -2.35. The summed E-state index contributed by atoms with van der Waals surface area (Å²) in [5, 5.41) is 13.9. The van der Waals surface area contributed by atoms with E-state index in [2.05, 4.69) is 47.2 Å². The molecule has 0 radical (unpaired) electrons. The minimum absolute atomic E-state index is 0.0248. The average Bonchev–Trinajstić information content (AvgIpc) is 2.70. The molecular formula is C22H28N4O3. The van der Waals surface area contributed by atoms with Crippen molar-refractivity contribution in [3.05, 3.63) is 69.3 Å². The third kappa shape index (κ3) is 5.32. The van der Waals surface area contributed by atoms with Crippen LogP contribution in [-0.2, 0) is 4.79 Å². The number of hydrogen-bond donors (Lipinski definition) is 1. The lowest BCUT2D eigenvalue weighted by atomic mass is 10.0. The van der Waals surface area contributed by atoms with E-state index in [4.69, 9.17) is 0 Å². The van der Waals surface area contributed by atoms with Crippen LogP contribution in [0.3, 0.4) is 0 Å². The first kappa shape index (κ1) is 20.8. The molecule has 3 rings (SSSR count). The number of rotatable bonds is 6. The summed E-state index contributed by atoms with van der Waals surface area (Å²) in [5.41, 5.74) is 4.67. The minimum atomic E-state index is -0.390. The summed E-state index contributed by atoms with van der Waals surface area (Å²) < 4.78 is 0. The molecule has 1 saturated heterocycles. The molecule has 0 aromatic heterocycles. The molecule has 0 spiro atoms. The summed E-state index contributed by atoms with van der Waals surface area (Å²) in [6.45, 7) is 9.69. The highest BCUT2D eigenvalue weighted by molar-refractivity contribution is 5.78. The molecule has 0 aliphatic carbocycles. The molecule has 154 valence electrons. The van der Waals surface area contributed by atoms with Gasteiger partial charge in [-0.25, -0.2) is 0 Å². The fourth-order valence-corrected chi connectivity index (χ4v) is 3.56. The van der Waals surface area contributed by atoms with Gasteiger partial charge in [-0.3, -0.25) is 19.8 Å². The van der Waals surface area contributed by atoms with Gasteiger partial charge in [-0.2, -0.15) is 0 Å². The molecule has 1 amide bonds. The van der Waals surface area contributed by atoms with E-state index >= 15 is 0 Å². The first-order valence-corrected chi connectivity index (χ1v) is 9.92. The Morgan fingerprint density at radius 1 is 1.07 bits per heavy atom. The van der Waals surface area contributed by atoms with Crippen molar-refractivity contribution in [1.82, 2.24) is 10.2 Å². The molecule has 7 nitrogen and oxygen atoms in total. The van der Waals surface area contributed by atoms with Crippen LogP contribution in [0.25, 0.3) is 0 Å². The number of nitro benzene ring substituents is 1. The number of carbonyl (C=O) groups is 1. The smallest absolute Gasteiger partial charge is 0.269 e. The van der Waals surface area contributed by atoms with E-state index in [-0.39, 0.29) is 22.6 Å². The lowest BCUT2D eigenvalue weighted by Crippen LogP contribution is -2.49. The molecule has 1 aliphatic rings. The highest BCUT2D eigenvalue weighted by Crippen LogP contribution is 2.21. The van der Waals surface area contributed by atoms with Gasteiger partial charge in [-0.15, -0.1) is 0 Å². The molecule has 1 heterocycles. The molecule has 1 N–H and O–H groups in total. The van der Waals surface area contributed by atoms with Gasteiger partial charge in [-0.1, -0.05) is 18.2 Å². The van der Waals surface area contributed by atoms with Crippen LogP contribution in [0.2, 0.25) is 0 Å². The molecule has 1 fully saturated rings. The molecule has 29 heavy (non-hydrogen) atoms. The van der Waals surface area contributed by atoms with Gasteiger partial charge in [0, 0.05) is 44.0 Å². The van der Waals surface area contributed by atoms with Crippen LogP contribution < -0.4 is 10.2 Å². The van der Waals surface area contributed by atoms with E-state index in [1.165, 1.54) is 23.3 Å². The number of nitrogens with zero attached hydrogens (tertiary/aromatic N) is 3. The van der Waals surface area contributed by atoms with E-state index in [0.717, 1.165) is 37.4 Å². The minimum Gasteiger partial charge on any atom is -0.369 e. The van der Waals surface area contributed by atoms with Crippen LogP contribution in [0.15, 0.2) is 42.5 Å². The van der Waals surface area contributed by atoms with E-state index in [1.54, 1.807) is 12.1 Å². The number of anilines is 1. The number of carbonyl (C=O) groups excluding carboxylic acids is 1. The standard InChI is InChI=1S/C22H28N4O3/c1-16-4-5-19(14-17(16)2)18(3)23-22(27)15-24-10-12-25(13-11-24)20-6-8-21(9-7-20)26(28)29/h4-9,14,18H,10-13,15H2,1-3H3,(H,23,27)/t18-/m1/s1. The number of hydrogen-bond acceptors (Lipinski definition) is 5. The van der Waals surface area contributed by atoms with E-state index in [0.29, 0.717) is 6.54 Å². The van der Waals surface area contributed by atoms with Crippen molar-refractivity contribution in [3.8, 4) is 0 Å². The van der Waals surface area contributed by atoms with Gasteiger partial charge in [0.1, 0.15) is 0 Å². The monoisotopic (exact) mass is 396 g/mol. The van der Waals surface area contributed by atoms with Crippen LogP contribution in [-0.4, -0.2) is 48.5 Å². The zero-order valence-corrected chi connectivity index (χ0v) is 17.2. The van der Waals surface area contributed by atoms with Gasteiger partial charge in [0.25, 0.3) is 5.69 Å². The van der Waals surface area contributed by atoms with Crippen molar-refractivity contribution < 1.29 is 9.72 Å². The summed E-state index contributed by atoms with van der Waals surface area (Å²) in [5.74, 6) is 0.0273. The maximum Gasteiger partial charge on any atom is 0.269 e. The molecule has 1 aliphatic heterocycles. The van der Waals surface area contributed by atoms with Crippen LogP contribution in [0, 0.1) is 24.0 Å². The van der Waals surface area contributed by atoms with E-state index in [9.17, 15) is 14.9 Å². The fourth-order valence-electron chi connectivity index (χ4n) is 3.56. The molecule has 2 aromatic carbocycles. The van der Waals surface area contributed by atoms with Crippen molar-refractivity contribution in [2.24, 2.45) is 0 Å². The molecule has 0 unspecified atom stereocenters. The van der Waals surface area contributed by atoms with Crippen molar-refractivity contribution in [2.45, 2.75) is 26.8 Å². The van der Waals surface area contributed by atoms with Gasteiger partial charge < -0.3 is 10.2 Å². The number of nitrogens with one attached hydrogen (secondary N) is 1. The molecule has 1 atom stereocenters. The van der Waals surface area contributed by atoms with Crippen molar-refractivity contribution in [3.63, 3.8) is 0 Å². The van der Waals surface area contributed by atoms with Crippen LogP contribution in [0.5, 0.6) is 0 Å². The molecule has 2 aromatic rings. The zero-order valence-electron chi connectivity index (χ0n) is 17.2. The van der Waals surface area contributed by atoms with E-state index < -0.39 is 0 Å². The van der Waals surface area contributed by atoms with Gasteiger partial charge in [0.2, 0.25) is 5.91 Å². The van der Waals surface area contributed by atoms with E-state index in [1.807, 2.05) is 6.92 Å². The number of non-ortho nitro benzene ring substituents is 1. The third-order valence-electron chi connectivity index (χ3n) is 5.57.